The summed E-state index contributed by atoms with van der Waals surface area (Å²) < 4.78 is 25.2. The zero-order valence-corrected chi connectivity index (χ0v) is 14.2. The Bertz CT molecular complexity index is 681. The Balaban J connectivity index is 1.63. The van der Waals surface area contributed by atoms with Gasteiger partial charge in [-0.3, -0.25) is 4.90 Å². The average molecular weight is 336 g/mol. The van der Waals surface area contributed by atoms with Gasteiger partial charge < -0.3 is 5.11 Å². The molecule has 0 bridgehead atoms. The highest BCUT2D eigenvalue weighted by Gasteiger charge is 2.67. The highest BCUT2D eigenvalue weighted by molar-refractivity contribution is 7.88. The lowest BCUT2D eigenvalue weighted by molar-refractivity contribution is -0.172. The Morgan fingerprint density at radius 3 is 2.39 bits per heavy atom. The second-order valence-corrected chi connectivity index (χ2v) is 9.35. The smallest absolute Gasteiger partial charge is 0.211 e. The molecule has 2 atom stereocenters. The van der Waals surface area contributed by atoms with Crippen molar-refractivity contribution in [2.45, 2.75) is 30.3 Å². The summed E-state index contributed by atoms with van der Waals surface area (Å²) in [5.74, 6) is 0.940. The lowest BCUT2D eigenvalue weighted by atomic mass is 9.61. The summed E-state index contributed by atoms with van der Waals surface area (Å²) in [5.41, 5.74) is 1.09. The number of rotatable bonds is 5. The van der Waals surface area contributed by atoms with Crippen molar-refractivity contribution in [2.75, 3.05) is 32.5 Å². The van der Waals surface area contributed by atoms with E-state index in [2.05, 4.69) is 17.0 Å². The summed E-state index contributed by atoms with van der Waals surface area (Å²) in [4.78, 5) is 2.39. The molecule has 6 heteroatoms. The van der Waals surface area contributed by atoms with Crippen LogP contribution in [0, 0.1) is 5.92 Å². The predicted molar refractivity (Wildman–Crippen MR) is 88.6 cm³/mol. The standard InChI is InChI=1S/C17H24N2O3S/c1-23(21,22)18-11-17(12-18)16(14-5-3-2-4-6-14)15(10-20)19(17)9-13-7-8-13/h2-6,13,15-16,20H,7-12H2,1H3/t15-,16+/m1/s1. The molecular weight excluding hydrogens is 312 g/mol. The SMILES string of the molecule is CS(=O)(=O)N1CC2(C1)[C@@H](c1ccccc1)[C@@H](CO)N2CC1CC1. The van der Waals surface area contributed by atoms with Gasteiger partial charge in [-0.2, -0.15) is 4.31 Å². The number of likely N-dealkylation sites (tertiary alicyclic amines) is 1. The normalized spacial score (nSPS) is 30.9. The van der Waals surface area contributed by atoms with E-state index < -0.39 is 10.0 Å². The Morgan fingerprint density at radius 2 is 1.87 bits per heavy atom. The van der Waals surface area contributed by atoms with Crippen molar-refractivity contribution in [3.05, 3.63) is 35.9 Å². The first-order chi connectivity index (χ1) is 11.0. The zero-order chi connectivity index (χ0) is 16.2. The molecule has 2 saturated heterocycles. The minimum absolute atomic E-state index is 0.111. The Kier molecular flexibility index (Phi) is 3.57. The zero-order valence-electron chi connectivity index (χ0n) is 13.4. The number of aliphatic hydroxyl groups is 1. The van der Waals surface area contributed by atoms with Gasteiger partial charge in [-0.1, -0.05) is 30.3 Å². The molecule has 1 spiro atoms. The van der Waals surface area contributed by atoms with Crippen molar-refractivity contribution in [3.63, 3.8) is 0 Å². The van der Waals surface area contributed by atoms with Crippen molar-refractivity contribution in [1.29, 1.82) is 0 Å². The quantitative estimate of drug-likeness (QED) is 0.867. The number of hydrogen-bond donors (Lipinski definition) is 1. The maximum Gasteiger partial charge on any atom is 0.211 e. The van der Waals surface area contributed by atoms with E-state index in [9.17, 15) is 13.5 Å². The first kappa shape index (κ1) is 15.6. The van der Waals surface area contributed by atoms with E-state index in [4.69, 9.17) is 0 Å². The number of hydrogen-bond acceptors (Lipinski definition) is 4. The molecule has 2 aliphatic heterocycles. The Morgan fingerprint density at radius 1 is 1.22 bits per heavy atom. The van der Waals surface area contributed by atoms with Gasteiger partial charge in [0.05, 0.1) is 18.4 Å². The summed E-state index contributed by atoms with van der Waals surface area (Å²) in [6, 6.07) is 10.4. The summed E-state index contributed by atoms with van der Waals surface area (Å²) in [6.07, 6.45) is 3.80. The van der Waals surface area contributed by atoms with Crippen LogP contribution in [-0.2, 0) is 10.0 Å². The molecule has 1 aliphatic carbocycles. The molecule has 0 unspecified atom stereocenters. The molecule has 2 heterocycles. The highest BCUT2D eigenvalue weighted by Crippen LogP contribution is 2.55. The molecule has 3 aliphatic rings. The first-order valence-electron chi connectivity index (χ1n) is 8.33. The van der Waals surface area contributed by atoms with Gasteiger partial charge in [0.15, 0.2) is 0 Å². The van der Waals surface area contributed by atoms with Crippen LogP contribution in [-0.4, -0.2) is 66.8 Å². The molecule has 5 nitrogen and oxygen atoms in total. The molecule has 1 saturated carbocycles. The third kappa shape index (κ3) is 2.43. The largest absolute Gasteiger partial charge is 0.395 e. The monoisotopic (exact) mass is 336 g/mol. The first-order valence-corrected chi connectivity index (χ1v) is 10.2. The molecule has 23 heavy (non-hydrogen) atoms. The van der Waals surface area contributed by atoms with Crippen molar-refractivity contribution < 1.29 is 13.5 Å². The van der Waals surface area contributed by atoms with E-state index in [1.165, 1.54) is 24.7 Å². The lowest BCUT2D eigenvalue weighted by Crippen LogP contribution is -2.85. The van der Waals surface area contributed by atoms with E-state index >= 15 is 0 Å². The van der Waals surface area contributed by atoms with Gasteiger partial charge in [-0.15, -0.1) is 0 Å². The van der Waals surface area contributed by atoms with Crippen LogP contribution in [0.25, 0.3) is 0 Å². The van der Waals surface area contributed by atoms with E-state index in [-0.39, 0.29) is 24.1 Å². The fraction of sp³-hybridized carbons (Fsp3) is 0.647. The van der Waals surface area contributed by atoms with Crippen LogP contribution in [0.3, 0.4) is 0 Å². The van der Waals surface area contributed by atoms with E-state index in [0.717, 1.165) is 12.5 Å². The molecule has 4 rings (SSSR count). The third-order valence-electron chi connectivity index (χ3n) is 5.80. The van der Waals surface area contributed by atoms with Crippen LogP contribution in [0.5, 0.6) is 0 Å². The van der Waals surface area contributed by atoms with Crippen LogP contribution in [0.2, 0.25) is 0 Å². The Hall–Kier alpha value is -0.950. The van der Waals surface area contributed by atoms with Crippen LogP contribution in [0.1, 0.15) is 24.3 Å². The van der Waals surface area contributed by atoms with Crippen LogP contribution in [0.15, 0.2) is 30.3 Å². The van der Waals surface area contributed by atoms with Crippen LogP contribution < -0.4 is 0 Å². The second-order valence-electron chi connectivity index (χ2n) is 7.37. The van der Waals surface area contributed by atoms with Crippen molar-refractivity contribution in [1.82, 2.24) is 9.21 Å². The third-order valence-corrected chi connectivity index (χ3v) is 7.00. The van der Waals surface area contributed by atoms with Crippen LogP contribution in [0.4, 0.5) is 0 Å². The number of aliphatic hydroxyl groups excluding tert-OH is 1. The van der Waals surface area contributed by atoms with E-state index in [1.807, 2.05) is 18.2 Å². The molecule has 0 amide bonds. The molecule has 1 N–H and O–H groups in total. The fourth-order valence-electron chi connectivity index (χ4n) is 4.43. The van der Waals surface area contributed by atoms with Crippen LogP contribution >= 0.6 is 0 Å². The van der Waals surface area contributed by atoms with Crippen molar-refractivity contribution in [2.24, 2.45) is 5.92 Å². The summed E-state index contributed by atoms with van der Waals surface area (Å²) in [7, 11) is -3.14. The second kappa shape index (κ2) is 5.28. The molecule has 1 aromatic rings. The topological polar surface area (TPSA) is 60.9 Å². The number of nitrogens with zero attached hydrogens (tertiary/aromatic N) is 2. The minimum Gasteiger partial charge on any atom is -0.395 e. The molecule has 0 aromatic heterocycles. The van der Waals surface area contributed by atoms with Gasteiger partial charge >= 0.3 is 0 Å². The van der Waals surface area contributed by atoms with Gasteiger partial charge in [0, 0.05) is 31.6 Å². The van der Waals surface area contributed by atoms with Gasteiger partial charge in [-0.05, 0) is 24.3 Å². The van der Waals surface area contributed by atoms with Gasteiger partial charge in [-0.25, -0.2) is 8.42 Å². The fourth-order valence-corrected chi connectivity index (χ4v) is 5.35. The molecule has 1 aromatic carbocycles. The maximum atomic E-state index is 11.8. The number of sulfonamides is 1. The van der Waals surface area contributed by atoms with Crippen molar-refractivity contribution in [3.8, 4) is 0 Å². The number of benzene rings is 1. The summed E-state index contributed by atoms with van der Waals surface area (Å²) >= 11 is 0. The predicted octanol–water partition coefficient (Wildman–Crippen LogP) is 0.871. The van der Waals surface area contributed by atoms with Gasteiger partial charge in [0.1, 0.15) is 0 Å². The Labute approximate surface area is 138 Å². The van der Waals surface area contributed by atoms with Gasteiger partial charge in [0.25, 0.3) is 0 Å². The molecule has 0 radical (unpaired) electrons. The lowest BCUT2D eigenvalue weighted by Gasteiger charge is -2.70. The molecule has 3 fully saturated rings. The summed E-state index contributed by atoms with van der Waals surface area (Å²) in [5, 5.41) is 9.93. The molecular formula is C17H24N2O3S. The van der Waals surface area contributed by atoms with Gasteiger partial charge in [0.2, 0.25) is 10.0 Å². The van der Waals surface area contributed by atoms with E-state index in [1.54, 1.807) is 4.31 Å². The van der Waals surface area contributed by atoms with E-state index in [0.29, 0.717) is 13.1 Å². The average Bonchev–Trinajstić information content (AvgIpc) is 3.25. The molecule has 126 valence electrons. The minimum atomic E-state index is -3.14. The van der Waals surface area contributed by atoms with Crippen molar-refractivity contribution >= 4 is 10.0 Å². The highest BCUT2D eigenvalue weighted by atomic mass is 32.2. The summed E-state index contributed by atoms with van der Waals surface area (Å²) in [6.45, 7) is 2.22. The maximum absolute atomic E-state index is 11.8.